The highest BCUT2D eigenvalue weighted by molar-refractivity contribution is 6.30. The summed E-state index contributed by atoms with van der Waals surface area (Å²) in [6.07, 6.45) is 1.74. The average Bonchev–Trinajstić information content (AvgIpc) is 2.63. The molecule has 0 fully saturated rings. The molecule has 2 rings (SSSR count). The average molecular weight is 375 g/mol. The summed E-state index contributed by atoms with van der Waals surface area (Å²) in [5.41, 5.74) is 1.87. The highest BCUT2D eigenvalue weighted by Gasteiger charge is 2.09. The van der Waals surface area contributed by atoms with E-state index < -0.39 is 0 Å². The van der Waals surface area contributed by atoms with Crippen molar-refractivity contribution in [2.45, 2.75) is 25.8 Å². The summed E-state index contributed by atoms with van der Waals surface area (Å²) in [6.45, 7) is 1.62. The van der Waals surface area contributed by atoms with Crippen LogP contribution < -0.4 is 10.6 Å². The third-order valence-electron chi connectivity index (χ3n) is 3.71. The first-order valence-corrected chi connectivity index (χ1v) is 8.87. The van der Waals surface area contributed by atoms with E-state index in [2.05, 4.69) is 22.8 Å². The van der Waals surface area contributed by atoms with Crippen LogP contribution in [-0.4, -0.2) is 31.1 Å². The van der Waals surface area contributed by atoms with E-state index in [-0.39, 0.29) is 31.1 Å². The summed E-state index contributed by atoms with van der Waals surface area (Å²) >= 11 is 5.78. The number of amides is 2. The fourth-order valence-corrected chi connectivity index (χ4v) is 2.51. The van der Waals surface area contributed by atoms with Gasteiger partial charge in [0.1, 0.15) is 13.2 Å². The zero-order chi connectivity index (χ0) is 18.8. The highest BCUT2D eigenvalue weighted by atomic mass is 35.5. The fourth-order valence-electron chi connectivity index (χ4n) is 2.38. The molecule has 0 bridgehead atoms. The second-order valence-corrected chi connectivity index (χ2v) is 6.48. The molecule has 0 saturated carbocycles. The molecule has 26 heavy (non-hydrogen) atoms. The number of aryl methyl sites for hydroxylation is 1. The van der Waals surface area contributed by atoms with Crippen LogP contribution in [0.4, 0.5) is 5.69 Å². The predicted octanol–water partition coefficient (Wildman–Crippen LogP) is 3.43. The van der Waals surface area contributed by atoms with Gasteiger partial charge in [0.2, 0.25) is 11.8 Å². The molecule has 2 aromatic rings. The quantitative estimate of drug-likeness (QED) is 0.706. The fraction of sp³-hybridized carbons (Fsp3) is 0.300. The van der Waals surface area contributed by atoms with Crippen LogP contribution >= 0.6 is 11.6 Å². The first kappa shape index (κ1) is 19.9. The normalized spacial score (nSPS) is 11.6. The number of ether oxygens (including phenoxy) is 1. The van der Waals surface area contributed by atoms with E-state index in [4.69, 9.17) is 16.3 Å². The van der Waals surface area contributed by atoms with Gasteiger partial charge in [0.25, 0.3) is 0 Å². The maximum absolute atomic E-state index is 11.9. The van der Waals surface area contributed by atoms with Crippen molar-refractivity contribution in [1.82, 2.24) is 5.32 Å². The smallest absolute Gasteiger partial charge is 0.250 e. The van der Waals surface area contributed by atoms with E-state index in [9.17, 15) is 9.59 Å². The van der Waals surface area contributed by atoms with E-state index in [1.54, 1.807) is 24.3 Å². The third kappa shape index (κ3) is 7.68. The van der Waals surface area contributed by atoms with E-state index in [1.165, 1.54) is 5.56 Å². The lowest BCUT2D eigenvalue weighted by atomic mass is 10.1. The minimum Gasteiger partial charge on any atom is -0.362 e. The lowest BCUT2D eigenvalue weighted by molar-refractivity contribution is -0.129. The van der Waals surface area contributed by atoms with Gasteiger partial charge in [-0.25, -0.2) is 0 Å². The Morgan fingerprint density at radius 1 is 1.00 bits per heavy atom. The zero-order valence-corrected chi connectivity index (χ0v) is 15.5. The van der Waals surface area contributed by atoms with Crippen molar-refractivity contribution in [3.63, 3.8) is 0 Å². The second kappa shape index (κ2) is 10.6. The van der Waals surface area contributed by atoms with Crippen molar-refractivity contribution in [3.8, 4) is 0 Å². The first-order valence-electron chi connectivity index (χ1n) is 8.49. The summed E-state index contributed by atoms with van der Waals surface area (Å²) in [6, 6.07) is 16.9. The van der Waals surface area contributed by atoms with Gasteiger partial charge in [-0.3, -0.25) is 9.59 Å². The molecule has 0 heterocycles. The van der Waals surface area contributed by atoms with Crippen LogP contribution in [-0.2, 0) is 20.7 Å². The number of halogens is 1. The van der Waals surface area contributed by atoms with Crippen molar-refractivity contribution in [2.24, 2.45) is 0 Å². The van der Waals surface area contributed by atoms with Crippen LogP contribution in [0.3, 0.4) is 0 Å². The second-order valence-electron chi connectivity index (χ2n) is 6.04. The first-order chi connectivity index (χ1) is 12.5. The molecule has 0 aliphatic rings. The molecule has 0 aromatic heterocycles. The van der Waals surface area contributed by atoms with Crippen LogP contribution in [0.1, 0.15) is 18.9 Å². The minimum absolute atomic E-state index is 0.0363. The summed E-state index contributed by atoms with van der Waals surface area (Å²) < 4.78 is 5.17. The van der Waals surface area contributed by atoms with Crippen LogP contribution in [0, 0.1) is 0 Å². The number of carbonyl (C=O) groups is 2. The van der Waals surface area contributed by atoms with E-state index in [0.717, 1.165) is 12.8 Å². The van der Waals surface area contributed by atoms with Crippen LogP contribution in [0.15, 0.2) is 54.6 Å². The molecule has 5 nitrogen and oxygen atoms in total. The maximum atomic E-state index is 11.9. The van der Waals surface area contributed by atoms with Crippen molar-refractivity contribution in [2.75, 3.05) is 18.5 Å². The molecule has 1 atom stereocenters. The Hall–Kier alpha value is -2.37. The van der Waals surface area contributed by atoms with Gasteiger partial charge in [-0.05, 0) is 49.6 Å². The Bertz CT molecular complexity index is 705. The van der Waals surface area contributed by atoms with Crippen molar-refractivity contribution < 1.29 is 14.3 Å². The molecule has 2 amide bonds. The lowest BCUT2D eigenvalue weighted by Gasteiger charge is -2.14. The Balaban J connectivity index is 1.60. The standard InChI is InChI=1S/C20H23ClN2O3/c1-15(7-8-16-5-3-2-4-6-16)22-19(24)13-26-14-20(25)23-18-11-9-17(21)10-12-18/h2-6,9-12,15H,7-8,13-14H2,1H3,(H,22,24)(H,23,25)/t15-/m0/s1. The van der Waals surface area contributed by atoms with Gasteiger partial charge in [0, 0.05) is 16.8 Å². The number of benzene rings is 2. The topological polar surface area (TPSA) is 67.4 Å². The molecular formula is C20H23ClN2O3. The number of hydrogen-bond donors (Lipinski definition) is 2. The third-order valence-corrected chi connectivity index (χ3v) is 3.96. The van der Waals surface area contributed by atoms with Crippen LogP contribution in [0.25, 0.3) is 0 Å². The number of hydrogen-bond acceptors (Lipinski definition) is 3. The van der Waals surface area contributed by atoms with E-state index in [1.807, 2.05) is 25.1 Å². The van der Waals surface area contributed by atoms with Gasteiger partial charge in [-0.15, -0.1) is 0 Å². The molecule has 0 radical (unpaired) electrons. The molecule has 6 heteroatoms. The summed E-state index contributed by atoms with van der Waals surface area (Å²) in [4.78, 5) is 23.6. The summed E-state index contributed by atoms with van der Waals surface area (Å²) in [5.74, 6) is -0.554. The van der Waals surface area contributed by atoms with Crippen LogP contribution in [0.2, 0.25) is 5.02 Å². The minimum atomic E-state index is -0.322. The van der Waals surface area contributed by atoms with Gasteiger partial charge < -0.3 is 15.4 Å². The number of nitrogens with one attached hydrogen (secondary N) is 2. The number of anilines is 1. The van der Waals surface area contributed by atoms with Gasteiger partial charge in [-0.2, -0.15) is 0 Å². The summed E-state index contributed by atoms with van der Waals surface area (Å²) in [5, 5.41) is 6.13. The molecule has 0 aliphatic heterocycles. The Morgan fingerprint density at radius 2 is 1.65 bits per heavy atom. The highest BCUT2D eigenvalue weighted by Crippen LogP contribution is 2.13. The van der Waals surface area contributed by atoms with Crippen LogP contribution in [0.5, 0.6) is 0 Å². The van der Waals surface area contributed by atoms with Gasteiger partial charge in [0.15, 0.2) is 0 Å². The largest absolute Gasteiger partial charge is 0.362 e. The molecule has 138 valence electrons. The zero-order valence-electron chi connectivity index (χ0n) is 14.7. The Morgan fingerprint density at radius 3 is 2.35 bits per heavy atom. The maximum Gasteiger partial charge on any atom is 0.250 e. The van der Waals surface area contributed by atoms with E-state index in [0.29, 0.717) is 10.7 Å². The number of carbonyl (C=O) groups excluding carboxylic acids is 2. The van der Waals surface area contributed by atoms with Crippen molar-refractivity contribution in [1.29, 1.82) is 0 Å². The molecule has 0 aliphatic carbocycles. The monoisotopic (exact) mass is 374 g/mol. The lowest BCUT2D eigenvalue weighted by Crippen LogP contribution is -2.36. The molecule has 2 N–H and O–H groups in total. The van der Waals surface area contributed by atoms with Crippen molar-refractivity contribution >= 4 is 29.1 Å². The molecule has 0 unspecified atom stereocenters. The summed E-state index contributed by atoms with van der Waals surface area (Å²) in [7, 11) is 0. The number of rotatable bonds is 9. The van der Waals surface area contributed by atoms with Gasteiger partial charge in [0.05, 0.1) is 0 Å². The predicted molar refractivity (Wildman–Crippen MR) is 103 cm³/mol. The molecule has 2 aromatic carbocycles. The van der Waals surface area contributed by atoms with E-state index >= 15 is 0 Å². The SMILES string of the molecule is C[C@@H](CCc1ccccc1)NC(=O)COCC(=O)Nc1ccc(Cl)cc1. The van der Waals surface area contributed by atoms with Gasteiger partial charge in [-0.1, -0.05) is 41.9 Å². The molecule has 0 spiro atoms. The molecule has 0 saturated heterocycles. The Labute approximate surface area is 158 Å². The van der Waals surface area contributed by atoms with Crippen molar-refractivity contribution in [3.05, 3.63) is 65.2 Å². The molecular weight excluding hydrogens is 352 g/mol. The van der Waals surface area contributed by atoms with Gasteiger partial charge >= 0.3 is 0 Å². The Kier molecular flexibility index (Phi) is 8.12.